The highest BCUT2D eigenvalue weighted by Crippen LogP contribution is 2.25. The number of furan rings is 1. The molecule has 31 heavy (non-hydrogen) atoms. The van der Waals surface area contributed by atoms with Crippen LogP contribution in [0.2, 0.25) is 0 Å². The number of piperidine rings is 1. The zero-order valence-corrected chi connectivity index (χ0v) is 17.7. The summed E-state index contributed by atoms with van der Waals surface area (Å²) in [7, 11) is 0. The van der Waals surface area contributed by atoms with Crippen LogP contribution in [0.15, 0.2) is 52.5 Å². The molecule has 1 saturated heterocycles. The molecule has 3 heterocycles. The number of carbonyl (C=O) groups is 2. The Hall–Kier alpha value is -3.20. The first kappa shape index (κ1) is 21.0. The molecule has 162 valence electrons. The van der Waals surface area contributed by atoms with E-state index in [1.54, 1.807) is 12.3 Å². The van der Waals surface area contributed by atoms with Gasteiger partial charge >= 0.3 is 6.03 Å². The van der Waals surface area contributed by atoms with Crippen LogP contribution in [0.1, 0.15) is 18.5 Å². The van der Waals surface area contributed by atoms with Crippen LogP contribution < -0.4 is 10.6 Å². The summed E-state index contributed by atoms with van der Waals surface area (Å²) < 4.78 is 18.6. The van der Waals surface area contributed by atoms with Gasteiger partial charge in [-0.05, 0) is 49.1 Å². The molecule has 2 aromatic heterocycles. The molecule has 1 atom stereocenters. The van der Waals surface area contributed by atoms with E-state index < -0.39 is 5.82 Å². The van der Waals surface area contributed by atoms with Crippen LogP contribution in [0, 0.1) is 11.7 Å². The summed E-state index contributed by atoms with van der Waals surface area (Å²) >= 11 is 1.46. The lowest BCUT2D eigenvalue weighted by atomic mass is 9.97. The minimum atomic E-state index is -0.407. The molecule has 1 aliphatic rings. The number of anilines is 1. The highest BCUT2D eigenvalue weighted by Gasteiger charge is 2.24. The van der Waals surface area contributed by atoms with Crippen molar-refractivity contribution in [2.75, 3.05) is 25.0 Å². The standard InChI is InChI=1S/C22H23FN4O3S/c23-16-5-1-6-17(10-16)26-22(29)24-12-15-4-2-8-27(13-15)20(28)11-18-14-31-21(25-18)19-7-3-9-30-19/h1,3,5-7,9-10,14-15H,2,4,8,11-13H2,(H2,24,26,29). The second-order valence-electron chi connectivity index (χ2n) is 7.49. The van der Waals surface area contributed by atoms with Crippen LogP contribution in [-0.2, 0) is 11.2 Å². The number of aromatic nitrogens is 1. The highest BCUT2D eigenvalue weighted by molar-refractivity contribution is 7.13. The third-order valence-corrected chi connectivity index (χ3v) is 6.03. The van der Waals surface area contributed by atoms with Crippen molar-refractivity contribution in [2.24, 2.45) is 5.92 Å². The molecule has 4 rings (SSSR count). The summed E-state index contributed by atoms with van der Waals surface area (Å²) in [6.45, 7) is 1.75. The Morgan fingerprint density at radius 1 is 1.29 bits per heavy atom. The molecule has 9 heteroatoms. The fraction of sp³-hybridized carbons (Fsp3) is 0.318. The first-order chi connectivity index (χ1) is 15.1. The Bertz CT molecular complexity index is 1040. The quantitative estimate of drug-likeness (QED) is 0.601. The van der Waals surface area contributed by atoms with Gasteiger partial charge in [0.1, 0.15) is 5.82 Å². The Kier molecular flexibility index (Phi) is 6.61. The van der Waals surface area contributed by atoms with Gasteiger partial charge in [-0.2, -0.15) is 0 Å². The van der Waals surface area contributed by atoms with Crippen molar-refractivity contribution in [3.05, 3.63) is 59.6 Å². The topological polar surface area (TPSA) is 87.5 Å². The number of thiazole rings is 1. The number of carbonyl (C=O) groups excluding carboxylic acids is 2. The molecule has 0 saturated carbocycles. The number of halogens is 1. The van der Waals surface area contributed by atoms with Gasteiger partial charge < -0.3 is 20.0 Å². The molecule has 0 radical (unpaired) electrons. The number of urea groups is 1. The highest BCUT2D eigenvalue weighted by atomic mass is 32.1. The Morgan fingerprint density at radius 3 is 3.00 bits per heavy atom. The van der Waals surface area contributed by atoms with Gasteiger partial charge in [0.2, 0.25) is 5.91 Å². The van der Waals surface area contributed by atoms with Crippen molar-refractivity contribution in [2.45, 2.75) is 19.3 Å². The molecular formula is C22H23FN4O3S. The zero-order chi connectivity index (χ0) is 21.6. The summed E-state index contributed by atoms with van der Waals surface area (Å²) in [6, 6.07) is 9.01. The van der Waals surface area contributed by atoms with E-state index in [9.17, 15) is 14.0 Å². The summed E-state index contributed by atoms with van der Waals surface area (Å²) in [4.78, 5) is 31.2. The second-order valence-corrected chi connectivity index (χ2v) is 8.35. The van der Waals surface area contributed by atoms with E-state index in [0.717, 1.165) is 23.5 Å². The second kappa shape index (κ2) is 9.74. The van der Waals surface area contributed by atoms with Crippen molar-refractivity contribution in [3.63, 3.8) is 0 Å². The van der Waals surface area contributed by atoms with Gasteiger partial charge in [0.05, 0.1) is 18.4 Å². The maximum absolute atomic E-state index is 13.2. The number of nitrogens with zero attached hydrogens (tertiary/aromatic N) is 2. The van der Waals surface area contributed by atoms with Crippen molar-refractivity contribution in [1.82, 2.24) is 15.2 Å². The van der Waals surface area contributed by atoms with E-state index in [1.807, 2.05) is 22.4 Å². The number of benzene rings is 1. The van der Waals surface area contributed by atoms with Gasteiger partial charge in [-0.25, -0.2) is 14.2 Å². The normalized spacial score (nSPS) is 16.2. The Morgan fingerprint density at radius 2 is 2.19 bits per heavy atom. The van der Waals surface area contributed by atoms with E-state index in [4.69, 9.17) is 4.42 Å². The average Bonchev–Trinajstić information content (AvgIpc) is 3.44. The van der Waals surface area contributed by atoms with Gasteiger partial charge in [0.25, 0.3) is 0 Å². The lowest BCUT2D eigenvalue weighted by Gasteiger charge is -2.32. The van der Waals surface area contributed by atoms with Gasteiger partial charge in [-0.3, -0.25) is 4.79 Å². The minimum Gasteiger partial charge on any atom is -0.462 e. The predicted octanol–water partition coefficient (Wildman–Crippen LogP) is 4.15. The van der Waals surface area contributed by atoms with Crippen LogP contribution in [0.25, 0.3) is 10.8 Å². The van der Waals surface area contributed by atoms with E-state index >= 15 is 0 Å². The monoisotopic (exact) mass is 442 g/mol. The number of hydrogen-bond donors (Lipinski definition) is 2. The SMILES string of the molecule is O=C(NCC1CCCN(C(=O)Cc2csc(-c3ccco3)n2)C1)Nc1cccc(F)c1. The molecule has 0 aliphatic carbocycles. The van der Waals surface area contributed by atoms with E-state index in [0.29, 0.717) is 31.1 Å². The molecular weight excluding hydrogens is 419 g/mol. The minimum absolute atomic E-state index is 0.0326. The van der Waals surface area contributed by atoms with Crippen molar-refractivity contribution in [1.29, 1.82) is 0 Å². The van der Waals surface area contributed by atoms with E-state index in [2.05, 4.69) is 15.6 Å². The number of likely N-dealkylation sites (tertiary alicyclic amines) is 1. The summed E-state index contributed by atoms with van der Waals surface area (Å²) in [5, 5.41) is 8.08. The largest absolute Gasteiger partial charge is 0.462 e. The van der Waals surface area contributed by atoms with Crippen LogP contribution in [-0.4, -0.2) is 41.5 Å². The van der Waals surface area contributed by atoms with Gasteiger partial charge in [-0.15, -0.1) is 11.3 Å². The average molecular weight is 443 g/mol. The van der Waals surface area contributed by atoms with Crippen molar-refractivity contribution < 1.29 is 18.4 Å². The zero-order valence-electron chi connectivity index (χ0n) is 16.8. The van der Waals surface area contributed by atoms with Gasteiger partial charge in [0, 0.05) is 30.7 Å². The Balaban J connectivity index is 1.25. The molecule has 7 nitrogen and oxygen atoms in total. The van der Waals surface area contributed by atoms with Crippen molar-refractivity contribution in [3.8, 4) is 10.8 Å². The molecule has 1 unspecified atom stereocenters. The summed E-state index contributed by atoms with van der Waals surface area (Å²) in [5.41, 5.74) is 1.13. The van der Waals surface area contributed by atoms with Crippen LogP contribution in [0.5, 0.6) is 0 Å². The molecule has 3 amide bonds. The van der Waals surface area contributed by atoms with Crippen molar-refractivity contribution >= 4 is 29.0 Å². The first-order valence-corrected chi connectivity index (χ1v) is 11.0. The number of amides is 3. The van der Waals surface area contributed by atoms with E-state index in [1.165, 1.54) is 29.5 Å². The molecule has 1 fully saturated rings. The van der Waals surface area contributed by atoms with Crippen LogP contribution in [0.4, 0.5) is 14.9 Å². The number of nitrogens with one attached hydrogen (secondary N) is 2. The lowest BCUT2D eigenvalue weighted by Crippen LogP contribution is -2.44. The van der Waals surface area contributed by atoms with E-state index in [-0.39, 0.29) is 24.3 Å². The molecule has 2 N–H and O–H groups in total. The van der Waals surface area contributed by atoms with Gasteiger partial charge in [0.15, 0.2) is 10.8 Å². The maximum Gasteiger partial charge on any atom is 0.319 e. The first-order valence-electron chi connectivity index (χ1n) is 10.1. The predicted molar refractivity (Wildman–Crippen MR) is 116 cm³/mol. The maximum atomic E-state index is 13.2. The number of rotatable bonds is 6. The van der Waals surface area contributed by atoms with Crippen LogP contribution >= 0.6 is 11.3 Å². The fourth-order valence-electron chi connectivity index (χ4n) is 3.61. The summed E-state index contributed by atoms with van der Waals surface area (Å²) in [5.74, 6) is 0.496. The number of hydrogen-bond acceptors (Lipinski definition) is 5. The lowest BCUT2D eigenvalue weighted by molar-refractivity contribution is -0.132. The fourth-order valence-corrected chi connectivity index (χ4v) is 4.39. The van der Waals surface area contributed by atoms with Gasteiger partial charge in [-0.1, -0.05) is 6.07 Å². The summed E-state index contributed by atoms with van der Waals surface area (Å²) in [6.07, 6.45) is 3.67. The third kappa shape index (κ3) is 5.69. The molecule has 1 aliphatic heterocycles. The third-order valence-electron chi connectivity index (χ3n) is 5.12. The van der Waals surface area contributed by atoms with Crippen LogP contribution in [0.3, 0.4) is 0 Å². The molecule has 1 aromatic carbocycles. The molecule has 0 spiro atoms. The molecule has 3 aromatic rings. The Labute approximate surface area is 183 Å². The smallest absolute Gasteiger partial charge is 0.319 e. The molecule has 0 bridgehead atoms.